The number of carbonyl (C=O) groups is 4. The van der Waals surface area contributed by atoms with E-state index in [0.717, 1.165) is 16.7 Å². The molecule has 1 saturated heterocycles. The average Bonchev–Trinajstić information content (AvgIpc) is 3.18. The molecule has 4 amide bonds. The Balaban J connectivity index is 1.62. The number of benzene rings is 3. The van der Waals surface area contributed by atoms with Crippen molar-refractivity contribution in [1.29, 1.82) is 0 Å². The van der Waals surface area contributed by atoms with Gasteiger partial charge >= 0.3 is 6.09 Å². The van der Waals surface area contributed by atoms with Gasteiger partial charge in [0.2, 0.25) is 17.7 Å². The summed E-state index contributed by atoms with van der Waals surface area (Å²) in [5, 5.41) is 20.6. The molecule has 57 heavy (non-hydrogen) atoms. The Bertz CT molecular complexity index is 1740. The normalized spacial score (nSPS) is 15.7. The molecule has 0 radical (unpaired) electrons. The fraction of sp³-hybridized carbons (Fsp3) is 0.500. The molecule has 310 valence electrons. The number of rotatable bonds is 18. The molecule has 0 unspecified atom stereocenters. The molecule has 0 bridgehead atoms. The summed E-state index contributed by atoms with van der Waals surface area (Å²) in [4.78, 5) is 57.2. The topological polar surface area (TPSA) is 165 Å². The van der Waals surface area contributed by atoms with Crippen LogP contribution in [0.25, 0.3) is 0 Å². The third-order valence-corrected chi connectivity index (χ3v) is 9.76. The largest absolute Gasteiger partial charge is 0.493 e. The summed E-state index contributed by atoms with van der Waals surface area (Å²) in [5.41, 5.74) is 1.70. The molecular weight excluding hydrogens is 729 g/mol. The molecule has 0 saturated carbocycles. The number of amides is 4. The molecule has 13 heteroatoms. The maximum Gasteiger partial charge on any atom is 0.407 e. The van der Waals surface area contributed by atoms with Gasteiger partial charge in [0.15, 0.2) is 11.5 Å². The first-order chi connectivity index (χ1) is 27.2. The number of carbonyl (C=O) groups excluding carboxylic acids is 4. The van der Waals surface area contributed by atoms with E-state index in [-0.39, 0.29) is 37.5 Å². The number of nitrogens with one attached hydrogen (secondary N) is 3. The summed E-state index contributed by atoms with van der Waals surface area (Å²) >= 11 is 0. The monoisotopic (exact) mass is 788 g/mol. The lowest BCUT2D eigenvalue weighted by Gasteiger charge is -2.32. The molecule has 0 aromatic heterocycles. The molecule has 1 heterocycles. The second-order valence-corrected chi connectivity index (χ2v) is 15.8. The lowest BCUT2D eigenvalue weighted by Crippen LogP contribution is -2.58. The molecule has 4 N–H and O–H groups in total. The van der Waals surface area contributed by atoms with Crippen LogP contribution in [0.3, 0.4) is 0 Å². The van der Waals surface area contributed by atoms with Crippen LogP contribution in [-0.2, 0) is 43.1 Å². The van der Waals surface area contributed by atoms with Gasteiger partial charge in [-0.2, -0.15) is 0 Å². The Hall–Kier alpha value is -5.14. The minimum atomic E-state index is -1.21. The fourth-order valence-electron chi connectivity index (χ4n) is 6.76. The standard InChI is InChI=1S/C44H60N4O9/c1-29(2)39(41(51)45-35(26-31-16-12-9-13-17-31)42(52)48-20-22-56-23-21-48)47-40(50)33(24-32-18-19-37(54-6)38(27-32)55-7)28-36(49)34(25-30-14-10-8-11-15-30)46-43(53)57-44(3,4)5/h8-19,27,29,33-36,39,49H,20-26,28H2,1-7H3,(H,45,51)(H,46,53)(H,47,50)/t33-,34+,35+,36+,39+/m1/s1. The van der Waals surface area contributed by atoms with E-state index in [0.29, 0.717) is 37.8 Å². The third kappa shape index (κ3) is 14.1. The summed E-state index contributed by atoms with van der Waals surface area (Å²) in [6.07, 6.45) is -1.29. The Morgan fingerprint density at radius 1 is 0.754 bits per heavy atom. The van der Waals surface area contributed by atoms with Gasteiger partial charge in [-0.05, 0) is 74.8 Å². The molecule has 0 spiro atoms. The number of ether oxygens (including phenoxy) is 4. The van der Waals surface area contributed by atoms with Crippen LogP contribution in [0.5, 0.6) is 11.5 Å². The first-order valence-corrected chi connectivity index (χ1v) is 19.6. The van der Waals surface area contributed by atoms with Crippen LogP contribution in [0, 0.1) is 11.8 Å². The zero-order valence-corrected chi connectivity index (χ0v) is 34.3. The van der Waals surface area contributed by atoms with Crippen LogP contribution in [0.4, 0.5) is 4.79 Å². The molecule has 0 aliphatic carbocycles. The van der Waals surface area contributed by atoms with E-state index >= 15 is 0 Å². The van der Waals surface area contributed by atoms with E-state index in [1.807, 2.05) is 80.6 Å². The molecule has 4 rings (SSSR count). The third-order valence-electron chi connectivity index (χ3n) is 9.76. The maximum absolute atomic E-state index is 14.5. The Kier molecular flexibility index (Phi) is 16.7. The van der Waals surface area contributed by atoms with Crippen molar-refractivity contribution in [2.24, 2.45) is 11.8 Å². The summed E-state index contributed by atoms with van der Waals surface area (Å²) in [5.74, 6) is -1.46. The van der Waals surface area contributed by atoms with Crippen molar-refractivity contribution in [2.45, 2.75) is 90.1 Å². The van der Waals surface area contributed by atoms with Crippen molar-refractivity contribution in [3.05, 3.63) is 95.6 Å². The smallest absolute Gasteiger partial charge is 0.407 e. The lowest BCUT2D eigenvalue weighted by molar-refractivity contribution is -0.141. The molecule has 1 aliphatic rings. The van der Waals surface area contributed by atoms with E-state index in [4.69, 9.17) is 18.9 Å². The van der Waals surface area contributed by atoms with Crippen LogP contribution in [0.2, 0.25) is 0 Å². The van der Waals surface area contributed by atoms with Crippen LogP contribution >= 0.6 is 0 Å². The minimum Gasteiger partial charge on any atom is -0.493 e. The highest BCUT2D eigenvalue weighted by atomic mass is 16.6. The van der Waals surface area contributed by atoms with Crippen LogP contribution in [-0.4, -0.2) is 104 Å². The SMILES string of the molecule is COc1ccc(C[C@H](C[C@H](O)[C@H](Cc2ccccc2)NC(=O)OC(C)(C)C)C(=O)N[C@H](C(=O)N[C@@H](Cc2ccccc2)C(=O)N2CCOCC2)C(C)C)cc1OC. The maximum atomic E-state index is 14.5. The van der Waals surface area contributed by atoms with Gasteiger partial charge in [0.1, 0.15) is 17.7 Å². The molecule has 1 aliphatic heterocycles. The number of alkyl carbamates (subject to hydrolysis) is 1. The van der Waals surface area contributed by atoms with Gasteiger partial charge in [-0.25, -0.2) is 4.79 Å². The van der Waals surface area contributed by atoms with Crippen molar-refractivity contribution >= 4 is 23.8 Å². The first-order valence-electron chi connectivity index (χ1n) is 19.6. The highest BCUT2D eigenvalue weighted by Crippen LogP contribution is 2.30. The van der Waals surface area contributed by atoms with E-state index in [9.17, 15) is 24.3 Å². The Morgan fingerprint density at radius 2 is 1.35 bits per heavy atom. The van der Waals surface area contributed by atoms with Crippen LogP contribution < -0.4 is 25.4 Å². The van der Waals surface area contributed by atoms with E-state index in [1.54, 1.807) is 37.8 Å². The summed E-state index contributed by atoms with van der Waals surface area (Å²) in [6.45, 7) is 10.5. The van der Waals surface area contributed by atoms with Gasteiger partial charge in [0.05, 0.1) is 39.6 Å². The van der Waals surface area contributed by atoms with Crippen LogP contribution in [0.15, 0.2) is 78.9 Å². The van der Waals surface area contributed by atoms with Crippen molar-refractivity contribution in [3.8, 4) is 11.5 Å². The molecule has 13 nitrogen and oxygen atoms in total. The predicted octanol–water partition coefficient (Wildman–Crippen LogP) is 4.48. The van der Waals surface area contributed by atoms with Gasteiger partial charge in [0, 0.05) is 25.4 Å². The Labute approximate surface area is 336 Å². The molecule has 5 atom stereocenters. The number of aliphatic hydroxyl groups is 1. The number of nitrogens with zero attached hydrogens (tertiary/aromatic N) is 1. The highest BCUT2D eigenvalue weighted by molar-refractivity contribution is 5.93. The number of hydrogen-bond acceptors (Lipinski definition) is 9. The van der Waals surface area contributed by atoms with Gasteiger partial charge in [-0.15, -0.1) is 0 Å². The second kappa shape index (κ2) is 21.4. The van der Waals surface area contributed by atoms with E-state index < -0.39 is 53.7 Å². The van der Waals surface area contributed by atoms with Crippen LogP contribution in [0.1, 0.15) is 57.7 Å². The van der Waals surface area contributed by atoms with Gasteiger partial charge < -0.3 is 44.9 Å². The summed E-state index contributed by atoms with van der Waals surface area (Å²) < 4.78 is 21.9. The Morgan fingerprint density at radius 3 is 1.91 bits per heavy atom. The number of aliphatic hydroxyl groups excluding tert-OH is 1. The predicted molar refractivity (Wildman–Crippen MR) is 217 cm³/mol. The van der Waals surface area contributed by atoms with Gasteiger partial charge in [-0.3, -0.25) is 14.4 Å². The van der Waals surface area contributed by atoms with E-state index in [2.05, 4.69) is 16.0 Å². The summed E-state index contributed by atoms with van der Waals surface area (Å²) in [7, 11) is 3.05. The lowest BCUT2D eigenvalue weighted by atomic mass is 9.88. The average molecular weight is 789 g/mol. The van der Waals surface area contributed by atoms with E-state index in [1.165, 1.54) is 14.2 Å². The highest BCUT2D eigenvalue weighted by Gasteiger charge is 2.35. The van der Waals surface area contributed by atoms with Gasteiger partial charge in [-0.1, -0.05) is 80.6 Å². The zero-order valence-electron chi connectivity index (χ0n) is 34.3. The molecular formula is C44H60N4O9. The first kappa shape index (κ1) is 44.6. The molecule has 3 aromatic carbocycles. The fourth-order valence-corrected chi connectivity index (χ4v) is 6.76. The molecule has 3 aromatic rings. The summed E-state index contributed by atoms with van der Waals surface area (Å²) in [6, 6.07) is 21.5. The zero-order chi connectivity index (χ0) is 41.5. The number of morpholine rings is 1. The van der Waals surface area contributed by atoms with Crippen molar-refractivity contribution in [1.82, 2.24) is 20.9 Å². The minimum absolute atomic E-state index is 0.0773. The number of methoxy groups -OCH3 is 2. The van der Waals surface area contributed by atoms with Crippen molar-refractivity contribution in [3.63, 3.8) is 0 Å². The van der Waals surface area contributed by atoms with Gasteiger partial charge in [0.25, 0.3) is 0 Å². The number of hydrogen-bond donors (Lipinski definition) is 4. The van der Waals surface area contributed by atoms with Crippen molar-refractivity contribution in [2.75, 3.05) is 40.5 Å². The van der Waals surface area contributed by atoms with Crippen molar-refractivity contribution < 1.29 is 43.2 Å². The quantitative estimate of drug-likeness (QED) is 0.146. The second-order valence-electron chi connectivity index (χ2n) is 15.8. The molecule has 1 fully saturated rings.